The lowest BCUT2D eigenvalue weighted by Gasteiger charge is -2.07. The number of hydrogen-bond donors (Lipinski definition) is 0. The molecule has 0 spiro atoms. The van der Waals surface area contributed by atoms with E-state index in [9.17, 15) is 4.79 Å². The average Bonchev–Trinajstić information content (AvgIpc) is 2.45. The van der Waals surface area contributed by atoms with Gasteiger partial charge in [-0.2, -0.15) is 0 Å². The summed E-state index contributed by atoms with van der Waals surface area (Å²) < 4.78 is 0. The quantitative estimate of drug-likeness (QED) is 0.557. The van der Waals surface area contributed by atoms with Crippen molar-refractivity contribution >= 4 is 17.2 Å². The summed E-state index contributed by atoms with van der Waals surface area (Å²) in [6.45, 7) is 9.32. The molecule has 0 aliphatic rings. The number of aryl methyl sites for hydroxylation is 1. The Kier molecular flexibility index (Phi) is 6.54. The number of allylic oxidation sites excluding steroid dienone is 5. The van der Waals surface area contributed by atoms with E-state index in [0.29, 0.717) is 5.71 Å². The Hall–Kier alpha value is -2.22. The van der Waals surface area contributed by atoms with E-state index in [1.165, 1.54) is 12.5 Å². The molecule has 1 rings (SSSR count). The molecule has 2 heteroatoms. The van der Waals surface area contributed by atoms with Gasteiger partial charge >= 0.3 is 0 Å². The minimum atomic E-state index is -0.00940. The van der Waals surface area contributed by atoms with Crippen LogP contribution in [-0.4, -0.2) is 11.5 Å². The molecule has 110 valence electrons. The van der Waals surface area contributed by atoms with E-state index < -0.39 is 0 Å². The molecule has 0 amide bonds. The van der Waals surface area contributed by atoms with Crippen LogP contribution >= 0.6 is 0 Å². The summed E-state index contributed by atoms with van der Waals surface area (Å²) >= 11 is 0. The van der Waals surface area contributed by atoms with Crippen LogP contribution in [-0.2, 0) is 4.79 Å². The molecule has 0 aliphatic heterocycles. The van der Waals surface area contributed by atoms with Gasteiger partial charge < -0.3 is 0 Å². The van der Waals surface area contributed by atoms with Gasteiger partial charge in [0.1, 0.15) is 0 Å². The second-order valence-electron chi connectivity index (χ2n) is 5.04. The van der Waals surface area contributed by atoms with Gasteiger partial charge in [-0.1, -0.05) is 54.1 Å². The van der Waals surface area contributed by atoms with E-state index in [4.69, 9.17) is 0 Å². The molecule has 0 aromatic heterocycles. The number of rotatable bonds is 5. The lowest BCUT2D eigenvalue weighted by molar-refractivity contribution is -0.111. The van der Waals surface area contributed by atoms with Crippen LogP contribution < -0.4 is 0 Å². The van der Waals surface area contributed by atoms with E-state index in [1.807, 2.05) is 50.3 Å². The minimum Gasteiger partial charge on any atom is -0.293 e. The number of aliphatic imine (C=N–C) groups is 1. The van der Waals surface area contributed by atoms with Crippen LogP contribution in [0.1, 0.15) is 38.8 Å². The molecular formula is C19H23NO. The van der Waals surface area contributed by atoms with Gasteiger partial charge in [0.25, 0.3) is 0 Å². The molecule has 1 aromatic carbocycles. The third kappa shape index (κ3) is 5.35. The van der Waals surface area contributed by atoms with Crippen molar-refractivity contribution in [2.75, 3.05) is 0 Å². The number of carbonyl (C=O) groups excluding carboxylic acids is 1. The van der Waals surface area contributed by atoms with Crippen LogP contribution in [0.5, 0.6) is 0 Å². The van der Waals surface area contributed by atoms with Gasteiger partial charge in [-0.05, 0) is 33.3 Å². The molecule has 0 saturated heterocycles. The Balaban J connectivity index is 3.35. The van der Waals surface area contributed by atoms with Gasteiger partial charge in [0, 0.05) is 12.5 Å². The zero-order chi connectivity index (χ0) is 15.8. The Labute approximate surface area is 127 Å². The molecule has 0 fully saturated rings. The maximum atomic E-state index is 11.5. The average molecular weight is 281 g/mol. The van der Waals surface area contributed by atoms with E-state index in [1.54, 1.807) is 6.92 Å². The lowest BCUT2D eigenvalue weighted by Crippen LogP contribution is -2.05. The van der Waals surface area contributed by atoms with Crippen molar-refractivity contribution in [1.82, 2.24) is 0 Å². The SMILES string of the molecule is C\C=C/C=C\C(C)=C(\N=C(C)C(C)=O)c1ccc(C)cc1. The third-order valence-corrected chi connectivity index (χ3v) is 3.14. The molecule has 21 heavy (non-hydrogen) atoms. The van der Waals surface area contributed by atoms with E-state index >= 15 is 0 Å². The fourth-order valence-electron chi connectivity index (χ4n) is 1.73. The summed E-state index contributed by atoms with van der Waals surface area (Å²) in [7, 11) is 0. The largest absolute Gasteiger partial charge is 0.293 e. The molecule has 0 aliphatic carbocycles. The highest BCUT2D eigenvalue weighted by atomic mass is 16.1. The van der Waals surface area contributed by atoms with Gasteiger partial charge in [-0.3, -0.25) is 4.79 Å². The standard InChI is InChI=1S/C19H23NO/c1-6-7-8-9-15(3)19(20-16(4)17(5)21)18-12-10-14(2)11-13-18/h6-13H,1-5H3/b7-6-,9-8-,19-15+,20-16?. The first-order valence-electron chi connectivity index (χ1n) is 7.09. The monoisotopic (exact) mass is 281 g/mol. The molecule has 1 aromatic rings. The number of ketones is 1. The Bertz CT molecular complexity index is 613. The molecular weight excluding hydrogens is 258 g/mol. The van der Waals surface area contributed by atoms with Crippen LogP contribution in [0.15, 0.2) is 59.1 Å². The summed E-state index contributed by atoms with van der Waals surface area (Å²) in [5.41, 5.74) is 4.60. The van der Waals surface area contributed by atoms with Crippen molar-refractivity contribution in [3.8, 4) is 0 Å². The maximum Gasteiger partial charge on any atom is 0.173 e. The predicted octanol–water partition coefficient (Wildman–Crippen LogP) is 4.91. The van der Waals surface area contributed by atoms with Crippen LogP contribution in [0.25, 0.3) is 5.70 Å². The first-order chi connectivity index (χ1) is 9.95. The summed E-state index contributed by atoms with van der Waals surface area (Å²) in [5, 5.41) is 0. The first kappa shape index (κ1) is 16.8. The van der Waals surface area contributed by atoms with Gasteiger partial charge in [0.15, 0.2) is 5.78 Å². The number of carbonyl (C=O) groups is 1. The minimum absolute atomic E-state index is 0.00940. The summed E-state index contributed by atoms with van der Waals surface area (Å²) in [4.78, 5) is 16.0. The maximum absolute atomic E-state index is 11.5. The molecule has 2 nitrogen and oxygen atoms in total. The Morgan fingerprint density at radius 2 is 1.67 bits per heavy atom. The second-order valence-corrected chi connectivity index (χ2v) is 5.04. The van der Waals surface area contributed by atoms with Gasteiger partial charge in [0.05, 0.1) is 11.4 Å². The molecule has 0 bridgehead atoms. The van der Waals surface area contributed by atoms with E-state index in [2.05, 4.69) is 24.0 Å². The van der Waals surface area contributed by atoms with Crippen molar-refractivity contribution in [3.63, 3.8) is 0 Å². The van der Waals surface area contributed by atoms with Crippen molar-refractivity contribution in [3.05, 3.63) is 65.3 Å². The number of benzene rings is 1. The van der Waals surface area contributed by atoms with Crippen LogP contribution in [0.3, 0.4) is 0 Å². The highest BCUT2D eigenvalue weighted by Crippen LogP contribution is 2.22. The van der Waals surface area contributed by atoms with Gasteiger partial charge in [-0.15, -0.1) is 0 Å². The van der Waals surface area contributed by atoms with Crippen molar-refractivity contribution in [2.24, 2.45) is 4.99 Å². The van der Waals surface area contributed by atoms with Gasteiger partial charge in [0.2, 0.25) is 0 Å². The van der Waals surface area contributed by atoms with E-state index in [-0.39, 0.29) is 5.78 Å². The molecule has 0 radical (unpaired) electrons. The number of hydrogen-bond acceptors (Lipinski definition) is 2. The normalized spacial score (nSPS) is 13.9. The summed E-state index contributed by atoms with van der Waals surface area (Å²) in [6, 6.07) is 8.18. The van der Waals surface area contributed by atoms with E-state index in [0.717, 1.165) is 16.8 Å². The van der Waals surface area contributed by atoms with Crippen molar-refractivity contribution < 1.29 is 4.79 Å². The molecule has 0 heterocycles. The first-order valence-corrected chi connectivity index (χ1v) is 7.09. The Morgan fingerprint density at radius 1 is 1.05 bits per heavy atom. The number of Topliss-reactive ketones (excluding diaryl/α,β-unsaturated/α-hetero) is 1. The predicted molar refractivity (Wildman–Crippen MR) is 91.5 cm³/mol. The highest BCUT2D eigenvalue weighted by molar-refractivity contribution is 6.38. The van der Waals surface area contributed by atoms with Crippen LogP contribution in [0.2, 0.25) is 0 Å². The Morgan fingerprint density at radius 3 is 2.19 bits per heavy atom. The summed E-state index contributed by atoms with van der Waals surface area (Å²) in [6.07, 6.45) is 7.92. The zero-order valence-electron chi connectivity index (χ0n) is 13.5. The molecule has 0 unspecified atom stereocenters. The molecule has 0 atom stereocenters. The van der Waals surface area contributed by atoms with Crippen molar-refractivity contribution in [1.29, 1.82) is 0 Å². The third-order valence-electron chi connectivity index (χ3n) is 3.14. The fourth-order valence-corrected chi connectivity index (χ4v) is 1.73. The zero-order valence-corrected chi connectivity index (χ0v) is 13.5. The smallest absolute Gasteiger partial charge is 0.173 e. The van der Waals surface area contributed by atoms with Crippen LogP contribution in [0.4, 0.5) is 0 Å². The molecule has 0 saturated carbocycles. The van der Waals surface area contributed by atoms with Crippen molar-refractivity contribution in [2.45, 2.75) is 34.6 Å². The topological polar surface area (TPSA) is 29.4 Å². The second kappa shape index (κ2) is 8.15. The highest BCUT2D eigenvalue weighted by Gasteiger charge is 2.06. The fraction of sp³-hybridized carbons (Fsp3) is 0.263. The molecule has 0 N–H and O–H groups in total. The number of nitrogens with zero attached hydrogens (tertiary/aromatic N) is 1. The van der Waals surface area contributed by atoms with Crippen LogP contribution in [0, 0.1) is 6.92 Å². The van der Waals surface area contributed by atoms with Gasteiger partial charge in [-0.25, -0.2) is 4.99 Å². The summed E-state index contributed by atoms with van der Waals surface area (Å²) in [5.74, 6) is -0.00940. The lowest BCUT2D eigenvalue weighted by atomic mass is 10.1.